The van der Waals surface area contributed by atoms with E-state index >= 15 is 0 Å². The average molecular weight is 290 g/mol. The van der Waals surface area contributed by atoms with Crippen LogP contribution in [0.2, 0.25) is 0 Å². The number of hydrogen-bond donors (Lipinski definition) is 0. The van der Waals surface area contributed by atoms with Gasteiger partial charge < -0.3 is 0 Å². The predicted molar refractivity (Wildman–Crippen MR) is 94.0 cm³/mol. The maximum absolute atomic E-state index is 2.29. The second-order valence-electron chi connectivity index (χ2n) is 5.24. The summed E-state index contributed by atoms with van der Waals surface area (Å²) in [6.45, 7) is 2.14. The van der Waals surface area contributed by atoms with Crippen LogP contribution in [0.1, 0.15) is 11.1 Å². The van der Waals surface area contributed by atoms with Crippen LogP contribution in [0.25, 0.3) is 0 Å². The van der Waals surface area contributed by atoms with E-state index in [2.05, 4.69) is 91.9 Å². The van der Waals surface area contributed by atoms with Crippen molar-refractivity contribution >= 4 is 18.5 Å². The molecule has 0 aliphatic carbocycles. The van der Waals surface area contributed by atoms with Gasteiger partial charge in [0.15, 0.2) is 0 Å². The fraction of sp³-hybridized carbons (Fsp3) is 0.100. The number of rotatable bonds is 4. The molecule has 0 heterocycles. The molecule has 0 fully saturated rings. The molecule has 0 aliphatic heterocycles. The molecule has 3 aromatic carbocycles. The van der Waals surface area contributed by atoms with E-state index in [1.165, 1.54) is 21.7 Å². The summed E-state index contributed by atoms with van der Waals surface area (Å²) in [5.74, 6) is 0. The van der Waals surface area contributed by atoms with Crippen molar-refractivity contribution < 1.29 is 0 Å². The molecule has 3 aromatic rings. The van der Waals surface area contributed by atoms with Gasteiger partial charge in [0, 0.05) is 6.16 Å². The van der Waals surface area contributed by atoms with Gasteiger partial charge in [-0.1, -0.05) is 90.5 Å². The van der Waals surface area contributed by atoms with E-state index in [0.717, 1.165) is 6.16 Å². The van der Waals surface area contributed by atoms with Gasteiger partial charge in [0.25, 0.3) is 0 Å². The smallest absolute Gasteiger partial charge is 0.000743 e. The Labute approximate surface area is 128 Å². The Morgan fingerprint density at radius 2 is 1.14 bits per heavy atom. The lowest BCUT2D eigenvalue weighted by Crippen LogP contribution is -2.13. The Bertz CT molecular complexity index is 672. The summed E-state index contributed by atoms with van der Waals surface area (Å²) >= 11 is 0. The fourth-order valence-corrected chi connectivity index (χ4v) is 4.71. The van der Waals surface area contributed by atoms with Crippen molar-refractivity contribution in [2.75, 3.05) is 0 Å². The van der Waals surface area contributed by atoms with Crippen LogP contribution < -0.4 is 10.6 Å². The third-order valence-electron chi connectivity index (χ3n) is 3.60. The minimum atomic E-state index is -0.340. The first-order chi connectivity index (χ1) is 10.3. The molecule has 0 saturated carbocycles. The third kappa shape index (κ3) is 3.60. The maximum atomic E-state index is 2.29. The lowest BCUT2D eigenvalue weighted by atomic mass is 10.2. The van der Waals surface area contributed by atoms with Crippen LogP contribution in [0.15, 0.2) is 84.9 Å². The van der Waals surface area contributed by atoms with E-state index < -0.39 is 0 Å². The highest BCUT2D eigenvalue weighted by atomic mass is 31.1. The summed E-state index contributed by atoms with van der Waals surface area (Å²) in [5.41, 5.74) is 2.73. The molecule has 0 saturated heterocycles. The van der Waals surface area contributed by atoms with Gasteiger partial charge in [-0.2, -0.15) is 0 Å². The number of benzene rings is 3. The van der Waals surface area contributed by atoms with Crippen molar-refractivity contribution in [3.8, 4) is 0 Å². The molecule has 0 amide bonds. The highest BCUT2D eigenvalue weighted by Gasteiger charge is 2.13. The first-order valence-electron chi connectivity index (χ1n) is 7.26. The first kappa shape index (κ1) is 14.0. The quantitative estimate of drug-likeness (QED) is 0.615. The van der Waals surface area contributed by atoms with Crippen molar-refractivity contribution in [2.24, 2.45) is 0 Å². The highest BCUT2D eigenvalue weighted by molar-refractivity contribution is 7.72. The summed E-state index contributed by atoms with van der Waals surface area (Å²) in [4.78, 5) is 0. The Balaban J connectivity index is 1.97. The van der Waals surface area contributed by atoms with Crippen molar-refractivity contribution in [1.29, 1.82) is 0 Å². The zero-order valence-electron chi connectivity index (χ0n) is 12.2. The van der Waals surface area contributed by atoms with Crippen molar-refractivity contribution in [3.05, 3.63) is 96.1 Å². The zero-order chi connectivity index (χ0) is 14.5. The average Bonchev–Trinajstić information content (AvgIpc) is 2.55. The number of aryl methyl sites for hydroxylation is 1. The van der Waals surface area contributed by atoms with Gasteiger partial charge in [0.2, 0.25) is 0 Å². The molecule has 0 aliphatic rings. The summed E-state index contributed by atoms with van der Waals surface area (Å²) in [6, 6.07) is 30.7. The molecule has 0 N–H and O–H groups in total. The van der Waals surface area contributed by atoms with Crippen molar-refractivity contribution in [1.82, 2.24) is 0 Å². The first-order valence-corrected chi connectivity index (χ1v) is 8.79. The zero-order valence-corrected chi connectivity index (χ0v) is 13.1. The van der Waals surface area contributed by atoms with Crippen LogP contribution >= 0.6 is 7.92 Å². The standard InChI is InChI=1S/C20H19P/c1-17-12-14-20(15-13-17)21(19-10-6-3-7-11-19)16-18-8-4-2-5-9-18/h2-15H,16H2,1H3. The van der Waals surface area contributed by atoms with Crippen molar-refractivity contribution in [3.63, 3.8) is 0 Å². The van der Waals surface area contributed by atoms with E-state index in [4.69, 9.17) is 0 Å². The van der Waals surface area contributed by atoms with Crippen LogP contribution in [0.3, 0.4) is 0 Å². The summed E-state index contributed by atoms with van der Waals surface area (Å²) < 4.78 is 0. The lowest BCUT2D eigenvalue weighted by Gasteiger charge is -2.19. The summed E-state index contributed by atoms with van der Waals surface area (Å²) in [6.07, 6.45) is 1.10. The lowest BCUT2D eigenvalue weighted by molar-refractivity contribution is 1.40. The highest BCUT2D eigenvalue weighted by Crippen LogP contribution is 2.37. The van der Waals surface area contributed by atoms with E-state index in [9.17, 15) is 0 Å². The normalized spacial score (nSPS) is 12.0. The maximum Gasteiger partial charge on any atom is 0.000743 e. The van der Waals surface area contributed by atoms with Crippen molar-refractivity contribution in [2.45, 2.75) is 13.1 Å². The number of hydrogen-bond acceptors (Lipinski definition) is 0. The SMILES string of the molecule is Cc1ccc(P(Cc2ccccc2)c2ccccc2)cc1. The van der Waals surface area contributed by atoms with Gasteiger partial charge in [-0.3, -0.25) is 0 Å². The largest absolute Gasteiger partial charge is 0.0622 e. The molecule has 3 rings (SSSR count). The molecule has 1 heteroatoms. The molecule has 0 nitrogen and oxygen atoms in total. The van der Waals surface area contributed by atoms with Crippen LogP contribution in [0.4, 0.5) is 0 Å². The van der Waals surface area contributed by atoms with Crippen LogP contribution in [0, 0.1) is 6.92 Å². The van der Waals surface area contributed by atoms with Gasteiger partial charge in [-0.25, -0.2) is 0 Å². The molecule has 1 atom stereocenters. The molecular weight excluding hydrogens is 271 g/mol. The van der Waals surface area contributed by atoms with Crippen LogP contribution in [-0.2, 0) is 6.16 Å². The molecule has 1 unspecified atom stereocenters. The van der Waals surface area contributed by atoms with E-state index in [-0.39, 0.29) is 7.92 Å². The Morgan fingerprint density at radius 3 is 1.76 bits per heavy atom. The van der Waals surface area contributed by atoms with Gasteiger partial charge in [-0.05, 0) is 31.0 Å². The molecule has 0 aromatic heterocycles. The monoisotopic (exact) mass is 290 g/mol. The molecule has 0 spiro atoms. The van der Waals surface area contributed by atoms with Gasteiger partial charge >= 0.3 is 0 Å². The minimum absolute atomic E-state index is 0.340. The second kappa shape index (κ2) is 6.70. The van der Waals surface area contributed by atoms with Gasteiger partial charge in [0.1, 0.15) is 0 Å². The second-order valence-corrected chi connectivity index (χ2v) is 7.45. The predicted octanol–water partition coefficient (Wildman–Crippen LogP) is 4.63. The van der Waals surface area contributed by atoms with Gasteiger partial charge in [-0.15, -0.1) is 0 Å². The molecule has 0 bridgehead atoms. The Hall–Kier alpha value is -1.91. The summed E-state index contributed by atoms with van der Waals surface area (Å²) in [7, 11) is -0.340. The van der Waals surface area contributed by atoms with Crippen LogP contribution in [0.5, 0.6) is 0 Å². The third-order valence-corrected chi connectivity index (χ3v) is 6.12. The van der Waals surface area contributed by atoms with Gasteiger partial charge in [0.05, 0.1) is 0 Å². The molecule has 21 heavy (non-hydrogen) atoms. The molecular formula is C20H19P. The van der Waals surface area contributed by atoms with Crippen LogP contribution in [-0.4, -0.2) is 0 Å². The van der Waals surface area contributed by atoms with E-state index in [1.54, 1.807) is 0 Å². The Morgan fingerprint density at radius 1 is 0.619 bits per heavy atom. The minimum Gasteiger partial charge on any atom is -0.0622 e. The molecule has 0 radical (unpaired) electrons. The van der Waals surface area contributed by atoms with E-state index in [1.807, 2.05) is 0 Å². The molecule has 104 valence electrons. The summed E-state index contributed by atoms with van der Waals surface area (Å²) in [5, 5.41) is 2.89. The topological polar surface area (TPSA) is 0 Å². The fourth-order valence-electron chi connectivity index (χ4n) is 2.43. The van der Waals surface area contributed by atoms with E-state index in [0.29, 0.717) is 0 Å². The Kier molecular flexibility index (Phi) is 4.48.